The maximum absolute atomic E-state index is 12.0. The van der Waals surface area contributed by atoms with Gasteiger partial charge in [0, 0.05) is 12.5 Å². The molecule has 0 aromatic heterocycles. The molecule has 3 nitrogen and oxygen atoms in total. The van der Waals surface area contributed by atoms with E-state index in [1.54, 1.807) is 0 Å². The highest BCUT2D eigenvalue weighted by Crippen LogP contribution is 2.25. The van der Waals surface area contributed by atoms with Gasteiger partial charge in [-0.3, -0.25) is 4.79 Å². The zero-order valence-electron chi connectivity index (χ0n) is 12.2. The molecule has 0 aromatic rings. The SMILES string of the molecule is CCOC(OC(=O)C(C)(C)CC)C(CC)CC. The second-order valence-electron chi connectivity index (χ2n) is 5.04. The van der Waals surface area contributed by atoms with Gasteiger partial charge in [0.2, 0.25) is 6.29 Å². The molecule has 0 fully saturated rings. The first-order valence-corrected chi connectivity index (χ1v) is 6.75. The van der Waals surface area contributed by atoms with Gasteiger partial charge in [0.15, 0.2) is 0 Å². The summed E-state index contributed by atoms with van der Waals surface area (Å²) in [5.41, 5.74) is -0.429. The molecule has 0 spiro atoms. The van der Waals surface area contributed by atoms with Crippen molar-refractivity contribution in [1.29, 1.82) is 0 Å². The molecule has 0 aliphatic carbocycles. The third-order valence-electron chi connectivity index (χ3n) is 3.42. The first-order chi connectivity index (χ1) is 7.92. The lowest BCUT2D eigenvalue weighted by molar-refractivity contribution is -0.200. The summed E-state index contributed by atoms with van der Waals surface area (Å²) >= 11 is 0. The zero-order chi connectivity index (χ0) is 13.5. The van der Waals surface area contributed by atoms with Gasteiger partial charge in [-0.2, -0.15) is 0 Å². The summed E-state index contributed by atoms with van der Waals surface area (Å²) in [6.07, 6.45) is 2.30. The normalized spacial score (nSPS) is 13.8. The Bertz CT molecular complexity index is 220. The van der Waals surface area contributed by atoms with Gasteiger partial charge < -0.3 is 9.47 Å². The Morgan fingerprint density at radius 2 is 1.65 bits per heavy atom. The Labute approximate surface area is 106 Å². The molecule has 0 heterocycles. The minimum Gasteiger partial charge on any atom is -0.435 e. The lowest BCUT2D eigenvalue weighted by Gasteiger charge is -2.29. The van der Waals surface area contributed by atoms with Crippen molar-refractivity contribution in [3.05, 3.63) is 0 Å². The van der Waals surface area contributed by atoms with Gasteiger partial charge in [0.1, 0.15) is 0 Å². The van der Waals surface area contributed by atoms with Crippen LogP contribution in [0.3, 0.4) is 0 Å². The predicted molar refractivity (Wildman–Crippen MR) is 69.7 cm³/mol. The Morgan fingerprint density at radius 1 is 1.12 bits per heavy atom. The Morgan fingerprint density at radius 3 is 2.00 bits per heavy atom. The largest absolute Gasteiger partial charge is 0.435 e. The molecule has 3 heteroatoms. The van der Waals surface area contributed by atoms with Gasteiger partial charge in [0.25, 0.3) is 0 Å². The lowest BCUT2D eigenvalue weighted by atomic mass is 9.90. The molecule has 1 unspecified atom stereocenters. The van der Waals surface area contributed by atoms with E-state index in [2.05, 4.69) is 13.8 Å². The highest BCUT2D eigenvalue weighted by molar-refractivity contribution is 5.75. The summed E-state index contributed by atoms with van der Waals surface area (Å²) in [7, 11) is 0. The number of ether oxygens (including phenoxy) is 2. The smallest absolute Gasteiger partial charge is 0.313 e. The monoisotopic (exact) mass is 244 g/mol. The Balaban J connectivity index is 4.59. The molecular weight excluding hydrogens is 216 g/mol. The van der Waals surface area contributed by atoms with Crippen molar-refractivity contribution < 1.29 is 14.3 Å². The van der Waals surface area contributed by atoms with E-state index in [0.29, 0.717) is 6.61 Å². The summed E-state index contributed by atoms with van der Waals surface area (Å²) < 4.78 is 11.1. The number of hydrogen-bond donors (Lipinski definition) is 0. The molecule has 17 heavy (non-hydrogen) atoms. The first-order valence-electron chi connectivity index (χ1n) is 6.75. The van der Waals surface area contributed by atoms with Crippen LogP contribution in [0.5, 0.6) is 0 Å². The fourth-order valence-corrected chi connectivity index (χ4v) is 1.51. The number of esters is 1. The van der Waals surface area contributed by atoms with E-state index >= 15 is 0 Å². The van der Waals surface area contributed by atoms with Gasteiger partial charge in [-0.15, -0.1) is 0 Å². The van der Waals surface area contributed by atoms with Crippen LogP contribution in [0.15, 0.2) is 0 Å². The molecule has 0 rings (SSSR count). The van der Waals surface area contributed by atoms with Crippen molar-refractivity contribution in [3.8, 4) is 0 Å². The summed E-state index contributed by atoms with van der Waals surface area (Å²) in [4.78, 5) is 12.0. The lowest BCUT2D eigenvalue weighted by Crippen LogP contribution is -2.35. The average molecular weight is 244 g/mol. The molecule has 0 aliphatic rings. The number of carbonyl (C=O) groups is 1. The number of hydrogen-bond acceptors (Lipinski definition) is 3. The maximum atomic E-state index is 12.0. The topological polar surface area (TPSA) is 35.5 Å². The third-order valence-corrected chi connectivity index (χ3v) is 3.42. The van der Waals surface area contributed by atoms with Crippen LogP contribution in [-0.4, -0.2) is 18.9 Å². The van der Waals surface area contributed by atoms with E-state index in [1.165, 1.54) is 0 Å². The van der Waals surface area contributed by atoms with Crippen LogP contribution in [0, 0.1) is 11.3 Å². The summed E-state index contributed by atoms with van der Waals surface area (Å²) in [5.74, 6) is 0.122. The second kappa shape index (κ2) is 7.70. The van der Waals surface area contributed by atoms with Crippen LogP contribution in [-0.2, 0) is 14.3 Å². The maximum Gasteiger partial charge on any atom is 0.313 e. The summed E-state index contributed by atoms with van der Waals surface area (Å²) in [6, 6.07) is 0. The highest BCUT2D eigenvalue weighted by atomic mass is 16.7. The summed E-state index contributed by atoms with van der Waals surface area (Å²) in [6.45, 7) is 12.5. The Kier molecular flexibility index (Phi) is 7.44. The van der Waals surface area contributed by atoms with Gasteiger partial charge in [-0.1, -0.05) is 20.8 Å². The molecule has 0 saturated heterocycles. The molecule has 1 atom stereocenters. The van der Waals surface area contributed by atoms with Crippen LogP contribution >= 0.6 is 0 Å². The predicted octanol–water partition coefficient (Wildman–Crippen LogP) is 3.76. The van der Waals surface area contributed by atoms with Gasteiger partial charge in [0.05, 0.1) is 5.41 Å². The molecule has 0 radical (unpaired) electrons. The fourth-order valence-electron chi connectivity index (χ4n) is 1.51. The molecular formula is C14H28O3. The van der Waals surface area contributed by atoms with E-state index in [9.17, 15) is 4.79 Å². The second-order valence-corrected chi connectivity index (χ2v) is 5.04. The third kappa shape index (κ3) is 5.07. The van der Waals surface area contributed by atoms with Gasteiger partial charge in [-0.25, -0.2) is 0 Å². The first kappa shape index (κ1) is 16.4. The van der Waals surface area contributed by atoms with Gasteiger partial charge >= 0.3 is 5.97 Å². The van der Waals surface area contributed by atoms with E-state index in [0.717, 1.165) is 19.3 Å². The standard InChI is InChI=1S/C14H28O3/c1-7-11(8-2)12(16-10-4)17-13(15)14(5,6)9-3/h11-12H,7-10H2,1-6H3. The van der Waals surface area contributed by atoms with Crippen LogP contribution < -0.4 is 0 Å². The zero-order valence-corrected chi connectivity index (χ0v) is 12.2. The van der Waals surface area contributed by atoms with Crippen molar-refractivity contribution in [2.24, 2.45) is 11.3 Å². The van der Waals surface area contributed by atoms with Crippen molar-refractivity contribution in [1.82, 2.24) is 0 Å². The van der Waals surface area contributed by atoms with Crippen LogP contribution in [0.25, 0.3) is 0 Å². The van der Waals surface area contributed by atoms with Gasteiger partial charge in [-0.05, 0) is 40.0 Å². The average Bonchev–Trinajstić information content (AvgIpc) is 2.30. The minimum absolute atomic E-state index is 0.162. The quantitative estimate of drug-likeness (QED) is 0.481. The van der Waals surface area contributed by atoms with E-state index < -0.39 is 11.7 Å². The van der Waals surface area contributed by atoms with Crippen molar-refractivity contribution >= 4 is 5.97 Å². The molecule has 0 aliphatic heterocycles. The molecule has 102 valence electrons. The molecule has 0 aromatic carbocycles. The van der Waals surface area contributed by atoms with Crippen LogP contribution in [0.1, 0.15) is 60.8 Å². The fraction of sp³-hybridized carbons (Fsp3) is 0.929. The highest BCUT2D eigenvalue weighted by Gasteiger charge is 2.31. The van der Waals surface area contributed by atoms with E-state index in [4.69, 9.17) is 9.47 Å². The van der Waals surface area contributed by atoms with Crippen LogP contribution in [0.4, 0.5) is 0 Å². The number of rotatable bonds is 8. The van der Waals surface area contributed by atoms with E-state index in [-0.39, 0.29) is 11.9 Å². The van der Waals surface area contributed by atoms with Crippen molar-refractivity contribution in [2.75, 3.05) is 6.61 Å². The molecule has 0 amide bonds. The van der Waals surface area contributed by atoms with E-state index in [1.807, 2.05) is 27.7 Å². The summed E-state index contributed by atoms with van der Waals surface area (Å²) in [5, 5.41) is 0. The minimum atomic E-state index is -0.429. The van der Waals surface area contributed by atoms with Crippen molar-refractivity contribution in [3.63, 3.8) is 0 Å². The van der Waals surface area contributed by atoms with Crippen molar-refractivity contribution in [2.45, 2.75) is 67.1 Å². The molecule has 0 N–H and O–H groups in total. The van der Waals surface area contributed by atoms with Crippen LogP contribution in [0.2, 0.25) is 0 Å². The molecule has 0 saturated carbocycles. The number of carbonyl (C=O) groups excluding carboxylic acids is 1. The Hall–Kier alpha value is -0.570. The molecule has 0 bridgehead atoms.